The van der Waals surface area contributed by atoms with Crippen LogP contribution in [0.2, 0.25) is 0 Å². The second kappa shape index (κ2) is 6.61. The van der Waals surface area contributed by atoms with E-state index in [2.05, 4.69) is 16.8 Å². The number of aromatic carboxylic acids is 1. The van der Waals surface area contributed by atoms with E-state index in [1.807, 2.05) is 6.07 Å². The van der Waals surface area contributed by atoms with Crippen molar-refractivity contribution in [3.8, 4) is 11.3 Å². The summed E-state index contributed by atoms with van der Waals surface area (Å²) in [5.74, 6) is -2.82. The van der Waals surface area contributed by atoms with Crippen molar-refractivity contribution in [1.82, 2.24) is 4.98 Å². The first-order chi connectivity index (χ1) is 12.9. The first-order valence-electron chi connectivity index (χ1n) is 8.84. The van der Waals surface area contributed by atoms with Crippen molar-refractivity contribution in [2.45, 2.75) is 25.8 Å². The average Bonchev–Trinajstić information content (AvgIpc) is 3.08. The molecule has 0 aliphatic carbocycles. The third-order valence-corrected chi connectivity index (χ3v) is 5.10. The quantitative estimate of drug-likeness (QED) is 0.717. The Morgan fingerprint density at radius 1 is 1.15 bits per heavy atom. The molecule has 3 aromatic rings. The van der Waals surface area contributed by atoms with Crippen LogP contribution in [0, 0.1) is 11.6 Å². The molecule has 27 heavy (non-hydrogen) atoms. The summed E-state index contributed by atoms with van der Waals surface area (Å²) >= 11 is 0. The van der Waals surface area contributed by atoms with Crippen LogP contribution < -0.4 is 4.90 Å². The first-order valence-corrected chi connectivity index (χ1v) is 8.84. The number of pyridine rings is 1. The molecule has 1 atom stereocenters. The van der Waals surface area contributed by atoms with Gasteiger partial charge in [0.05, 0.1) is 22.5 Å². The average molecular weight is 368 g/mol. The highest BCUT2D eigenvalue weighted by atomic mass is 19.2. The van der Waals surface area contributed by atoms with Gasteiger partial charge in [-0.25, -0.2) is 18.6 Å². The summed E-state index contributed by atoms with van der Waals surface area (Å²) in [6, 6.07) is 10.7. The Morgan fingerprint density at radius 2 is 1.96 bits per heavy atom. The van der Waals surface area contributed by atoms with Crippen molar-refractivity contribution in [2.75, 3.05) is 11.4 Å². The molecule has 0 saturated carbocycles. The third kappa shape index (κ3) is 3.12. The second-order valence-corrected chi connectivity index (χ2v) is 6.88. The Kier molecular flexibility index (Phi) is 4.26. The largest absolute Gasteiger partial charge is 0.478 e. The minimum atomic E-state index is -1.00. The van der Waals surface area contributed by atoms with Gasteiger partial charge in [-0.05, 0) is 62.2 Å². The molecule has 1 saturated heterocycles. The van der Waals surface area contributed by atoms with E-state index in [4.69, 9.17) is 0 Å². The fourth-order valence-corrected chi connectivity index (χ4v) is 3.66. The summed E-state index contributed by atoms with van der Waals surface area (Å²) < 4.78 is 27.2. The van der Waals surface area contributed by atoms with Crippen molar-refractivity contribution in [1.29, 1.82) is 0 Å². The van der Waals surface area contributed by atoms with Crippen LogP contribution >= 0.6 is 0 Å². The summed E-state index contributed by atoms with van der Waals surface area (Å²) in [6.45, 7) is 2.95. The van der Waals surface area contributed by atoms with Crippen molar-refractivity contribution in [3.05, 3.63) is 59.7 Å². The predicted molar refractivity (Wildman–Crippen MR) is 100 cm³/mol. The van der Waals surface area contributed by atoms with Crippen LogP contribution in [-0.4, -0.2) is 28.6 Å². The zero-order chi connectivity index (χ0) is 19.1. The molecule has 1 aliphatic rings. The molecule has 138 valence electrons. The molecule has 2 aromatic carbocycles. The maximum absolute atomic E-state index is 13.8. The van der Waals surface area contributed by atoms with Crippen LogP contribution in [-0.2, 0) is 0 Å². The molecule has 1 fully saturated rings. The van der Waals surface area contributed by atoms with E-state index >= 15 is 0 Å². The number of nitrogens with zero attached hydrogens (tertiary/aromatic N) is 2. The highest BCUT2D eigenvalue weighted by molar-refractivity contribution is 5.96. The van der Waals surface area contributed by atoms with E-state index in [0.717, 1.165) is 37.2 Å². The van der Waals surface area contributed by atoms with Gasteiger partial charge in [0, 0.05) is 23.5 Å². The molecular weight excluding hydrogens is 350 g/mol. The minimum Gasteiger partial charge on any atom is -0.478 e. The van der Waals surface area contributed by atoms with Crippen molar-refractivity contribution in [3.63, 3.8) is 0 Å². The van der Waals surface area contributed by atoms with Gasteiger partial charge >= 0.3 is 5.97 Å². The SMILES string of the molecule is C[C@H]1CCCN1c1cc2cc(C(=O)O)ccc2nc1-c1ccc(F)c(F)c1. The van der Waals surface area contributed by atoms with Gasteiger partial charge < -0.3 is 10.0 Å². The van der Waals surface area contributed by atoms with Crippen LogP contribution in [0.15, 0.2) is 42.5 Å². The standard InChI is InChI=1S/C21H18F2N2O2/c1-12-3-2-8-25(12)19-11-15-9-14(21(26)27)5-7-18(15)24-20(19)13-4-6-16(22)17(23)10-13/h4-7,9-12H,2-3,8H2,1H3,(H,26,27)/t12-/m0/s1. The molecule has 0 amide bonds. The van der Waals surface area contributed by atoms with Gasteiger partial charge in [-0.2, -0.15) is 0 Å². The minimum absolute atomic E-state index is 0.185. The lowest BCUT2D eigenvalue weighted by Gasteiger charge is -2.26. The summed E-state index contributed by atoms with van der Waals surface area (Å²) in [5.41, 5.74) is 2.66. The van der Waals surface area contributed by atoms with Gasteiger partial charge in [0.25, 0.3) is 0 Å². The van der Waals surface area contributed by atoms with Crippen LogP contribution in [0.5, 0.6) is 0 Å². The fourth-order valence-electron chi connectivity index (χ4n) is 3.66. The number of hydrogen-bond acceptors (Lipinski definition) is 3. The molecule has 0 bridgehead atoms. The van der Waals surface area contributed by atoms with Crippen molar-refractivity contribution in [2.24, 2.45) is 0 Å². The third-order valence-electron chi connectivity index (χ3n) is 5.10. The smallest absolute Gasteiger partial charge is 0.335 e. The summed E-state index contributed by atoms with van der Waals surface area (Å²) in [4.78, 5) is 18.2. The van der Waals surface area contributed by atoms with E-state index in [1.165, 1.54) is 12.1 Å². The van der Waals surface area contributed by atoms with Gasteiger partial charge in [-0.3, -0.25) is 0 Å². The Hall–Kier alpha value is -3.02. The lowest BCUT2D eigenvalue weighted by atomic mass is 10.0. The van der Waals surface area contributed by atoms with Gasteiger partial charge in [-0.15, -0.1) is 0 Å². The molecule has 4 rings (SSSR count). The maximum Gasteiger partial charge on any atom is 0.335 e. The first kappa shape index (κ1) is 17.4. The van der Waals surface area contributed by atoms with Crippen LogP contribution in [0.3, 0.4) is 0 Å². The highest BCUT2D eigenvalue weighted by Crippen LogP contribution is 2.36. The van der Waals surface area contributed by atoms with Gasteiger partial charge in [0.2, 0.25) is 0 Å². The Bertz CT molecular complexity index is 1050. The van der Waals surface area contributed by atoms with E-state index < -0.39 is 17.6 Å². The molecule has 1 N–H and O–H groups in total. The van der Waals surface area contributed by atoms with E-state index in [0.29, 0.717) is 22.2 Å². The van der Waals surface area contributed by atoms with E-state index in [-0.39, 0.29) is 11.6 Å². The monoisotopic (exact) mass is 368 g/mol. The molecule has 1 aromatic heterocycles. The van der Waals surface area contributed by atoms with Gasteiger partial charge in [-0.1, -0.05) is 0 Å². The number of carboxylic acid groups (broad SMARTS) is 1. The molecule has 2 heterocycles. The normalized spacial score (nSPS) is 16.9. The molecule has 0 spiro atoms. The molecule has 1 aliphatic heterocycles. The summed E-state index contributed by atoms with van der Waals surface area (Å²) in [7, 11) is 0. The summed E-state index contributed by atoms with van der Waals surface area (Å²) in [5, 5.41) is 9.95. The van der Waals surface area contributed by atoms with Crippen molar-refractivity contribution >= 4 is 22.6 Å². The summed E-state index contributed by atoms with van der Waals surface area (Å²) in [6.07, 6.45) is 2.07. The number of carboxylic acids is 1. The topological polar surface area (TPSA) is 53.4 Å². The number of fused-ring (bicyclic) bond motifs is 1. The zero-order valence-electron chi connectivity index (χ0n) is 14.7. The molecular formula is C21H18F2N2O2. The number of hydrogen-bond donors (Lipinski definition) is 1. The fraction of sp³-hybridized carbons (Fsp3) is 0.238. The van der Waals surface area contributed by atoms with Crippen LogP contribution in [0.25, 0.3) is 22.2 Å². The Labute approximate surface area is 155 Å². The number of aromatic nitrogens is 1. The molecule has 6 heteroatoms. The zero-order valence-corrected chi connectivity index (χ0v) is 14.7. The number of carbonyl (C=O) groups is 1. The molecule has 0 unspecified atom stereocenters. The number of anilines is 1. The Balaban J connectivity index is 1.95. The number of rotatable bonds is 3. The Morgan fingerprint density at radius 3 is 2.63 bits per heavy atom. The van der Waals surface area contributed by atoms with Crippen LogP contribution in [0.1, 0.15) is 30.1 Å². The molecule has 4 nitrogen and oxygen atoms in total. The predicted octanol–water partition coefficient (Wildman–Crippen LogP) is 4.87. The van der Waals surface area contributed by atoms with Gasteiger partial charge in [0.15, 0.2) is 11.6 Å². The lowest BCUT2D eigenvalue weighted by molar-refractivity contribution is 0.0697. The number of halogens is 2. The second-order valence-electron chi connectivity index (χ2n) is 6.88. The van der Waals surface area contributed by atoms with E-state index in [1.54, 1.807) is 12.1 Å². The maximum atomic E-state index is 13.8. The number of benzene rings is 2. The highest BCUT2D eigenvalue weighted by Gasteiger charge is 2.25. The van der Waals surface area contributed by atoms with Gasteiger partial charge in [0.1, 0.15) is 0 Å². The van der Waals surface area contributed by atoms with Crippen molar-refractivity contribution < 1.29 is 18.7 Å². The van der Waals surface area contributed by atoms with Crippen LogP contribution in [0.4, 0.5) is 14.5 Å². The van der Waals surface area contributed by atoms with E-state index in [9.17, 15) is 18.7 Å². The lowest BCUT2D eigenvalue weighted by Crippen LogP contribution is -2.27. The molecule has 0 radical (unpaired) electrons.